The van der Waals surface area contributed by atoms with Crippen molar-refractivity contribution in [1.82, 2.24) is 19.2 Å². The van der Waals surface area contributed by atoms with Gasteiger partial charge in [-0.15, -0.1) is 0 Å². The molecule has 0 aliphatic carbocycles. The second-order valence-electron chi connectivity index (χ2n) is 5.91. The van der Waals surface area contributed by atoms with Crippen LogP contribution in [-0.2, 0) is 11.8 Å². The maximum absolute atomic E-state index is 6.28. The summed E-state index contributed by atoms with van der Waals surface area (Å²) in [7, 11) is 1.99. The molecule has 4 heterocycles. The van der Waals surface area contributed by atoms with Gasteiger partial charge in [-0.05, 0) is 41.3 Å². The van der Waals surface area contributed by atoms with Crippen molar-refractivity contribution in [2.75, 3.05) is 12.3 Å². The third kappa shape index (κ3) is 2.44. The summed E-state index contributed by atoms with van der Waals surface area (Å²) < 4.78 is 10.4. The molecule has 1 fully saturated rings. The molecular weight excluding hydrogens is 358 g/mol. The van der Waals surface area contributed by atoms with E-state index in [0.29, 0.717) is 5.82 Å². The monoisotopic (exact) mass is 375 g/mol. The summed E-state index contributed by atoms with van der Waals surface area (Å²) in [4.78, 5) is 4.84. The first kappa shape index (κ1) is 14.7. The lowest BCUT2D eigenvalue weighted by molar-refractivity contribution is 0.0120. The summed E-state index contributed by atoms with van der Waals surface area (Å²) in [6.45, 7) is 0.772. The molecule has 3 aromatic heterocycles. The van der Waals surface area contributed by atoms with Gasteiger partial charge in [0.15, 0.2) is 5.65 Å². The van der Waals surface area contributed by atoms with Crippen molar-refractivity contribution < 1.29 is 4.74 Å². The van der Waals surface area contributed by atoms with Gasteiger partial charge in [0, 0.05) is 37.2 Å². The molecule has 1 aliphatic heterocycles. The minimum Gasteiger partial charge on any atom is -0.383 e. The topological polar surface area (TPSA) is 70.4 Å². The Labute approximate surface area is 142 Å². The summed E-state index contributed by atoms with van der Waals surface area (Å²) in [6.07, 6.45) is 9.08. The summed E-state index contributed by atoms with van der Waals surface area (Å²) in [5.74, 6) is 0.557. The minimum absolute atomic E-state index is 0.0102. The molecule has 1 aliphatic rings. The van der Waals surface area contributed by atoms with Crippen LogP contribution in [0, 0.1) is 0 Å². The van der Waals surface area contributed by atoms with Crippen LogP contribution < -0.4 is 5.73 Å². The van der Waals surface area contributed by atoms with Crippen molar-refractivity contribution in [2.24, 2.45) is 7.05 Å². The standard InChI is InChI=1S/C16H18BrN5O/c1-21-6-5-10(9-21)11-8-19-22-15(18)13(17)14(20-16(11)22)12-4-2-3-7-23-12/h5-6,8-9,12H,2-4,7,18H2,1H3/t12-/m1/s1. The van der Waals surface area contributed by atoms with E-state index in [0.717, 1.165) is 52.8 Å². The second kappa shape index (κ2) is 5.65. The van der Waals surface area contributed by atoms with E-state index in [1.807, 2.05) is 36.3 Å². The first-order valence-corrected chi connectivity index (χ1v) is 8.51. The molecule has 6 nitrogen and oxygen atoms in total. The van der Waals surface area contributed by atoms with Crippen LogP contribution in [-0.4, -0.2) is 25.8 Å². The second-order valence-corrected chi connectivity index (χ2v) is 6.70. The molecule has 0 spiro atoms. The van der Waals surface area contributed by atoms with Crippen LogP contribution in [0.25, 0.3) is 16.8 Å². The van der Waals surface area contributed by atoms with Crippen molar-refractivity contribution >= 4 is 27.4 Å². The fraction of sp³-hybridized carbons (Fsp3) is 0.375. The average Bonchev–Trinajstić information content (AvgIpc) is 3.17. The number of hydrogen-bond acceptors (Lipinski definition) is 4. The molecule has 4 rings (SSSR count). The normalized spacial score (nSPS) is 18.6. The molecule has 23 heavy (non-hydrogen) atoms. The van der Waals surface area contributed by atoms with E-state index in [9.17, 15) is 0 Å². The highest BCUT2D eigenvalue weighted by molar-refractivity contribution is 9.10. The number of ether oxygens (including phenoxy) is 1. The molecule has 7 heteroatoms. The van der Waals surface area contributed by atoms with Crippen LogP contribution in [0.1, 0.15) is 31.1 Å². The first-order chi connectivity index (χ1) is 11.1. The van der Waals surface area contributed by atoms with E-state index in [2.05, 4.69) is 21.0 Å². The number of nitrogens with two attached hydrogens (primary N) is 1. The number of nitrogens with zero attached hydrogens (tertiary/aromatic N) is 4. The largest absolute Gasteiger partial charge is 0.383 e. The molecule has 0 radical (unpaired) electrons. The van der Waals surface area contributed by atoms with Gasteiger partial charge in [-0.1, -0.05) is 0 Å². The molecule has 3 aromatic rings. The molecule has 1 atom stereocenters. The smallest absolute Gasteiger partial charge is 0.165 e. The summed E-state index contributed by atoms with van der Waals surface area (Å²) in [6, 6.07) is 2.05. The van der Waals surface area contributed by atoms with E-state index in [-0.39, 0.29) is 6.10 Å². The lowest BCUT2D eigenvalue weighted by atomic mass is 10.1. The lowest BCUT2D eigenvalue weighted by Crippen LogP contribution is -2.15. The van der Waals surface area contributed by atoms with Gasteiger partial charge in [-0.2, -0.15) is 9.61 Å². The Morgan fingerprint density at radius 3 is 2.96 bits per heavy atom. The van der Waals surface area contributed by atoms with Gasteiger partial charge in [0.2, 0.25) is 0 Å². The number of nitrogen functional groups attached to an aromatic ring is 1. The molecule has 2 N–H and O–H groups in total. The highest BCUT2D eigenvalue weighted by atomic mass is 79.9. The number of aromatic nitrogens is 4. The molecule has 0 amide bonds. The number of fused-ring (bicyclic) bond motifs is 1. The zero-order valence-corrected chi connectivity index (χ0v) is 14.5. The zero-order valence-electron chi connectivity index (χ0n) is 12.9. The van der Waals surface area contributed by atoms with Crippen molar-refractivity contribution in [2.45, 2.75) is 25.4 Å². The number of aryl methyl sites for hydroxylation is 1. The lowest BCUT2D eigenvalue weighted by Gasteiger charge is -2.23. The fourth-order valence-electron chi connectivity index (χ4n) is 3.05. The van der Waals surface area contributed by atoms with Crippen LogP contribution in [0.2, 0.25) is 0 Å². The highest BCUT2D eigenvalue weighted by Crippen LogP contribution is 2.36. The molecule has 0 unspecified atom stereocenters. The van der Waals surface area contributed by atoms with Gasteiger partial charge < -0.3 is 15.0 Å². The summed E-state index contributed by atoms with van der Waals surface area (Å²) in [5.41, 5.74) is 9.96. The van der Waals surface area contributed by atoms with Crippen molar-refractivity contribution in [1.29, 1.82) is 0 Å². The van der Waals surface area contributed by atoms with Crippen LogP contribution in [0.15, 0.2) is 29.1 Å². The quantitative estimate of drug-likeness (QED) is 0.745. The Bertz CT molecular complexity index is 863. The summed E-state index contributed by atoms with van der Waals surface area (Å²) >= 11 is 3.57. The van der Waals surface area contributed by atoms with Gasteiger partial charge in [0.25, 0.3) is 0 Å². The fourth-order valence-corrected chi connectivity index (χ4v) is 3.56. The minimum atomic E-state index is -0.0102. The van der Waals surface area contributed by atoms with Gasteiger partial charge >= 0.3 is 0 Å². The molecule has 1 saturated heterocycles. The third-order valence-electron chi connectivity index (χ3n) is 4.28. The molecule has 120 valence electrons. The van der Waals surface area contributed by atoms with Crippen LogP contribution in [0.4, 0.5) is 5.82 Å². The molecule has 0 saturated carbocycles. The maximum atomic E-state index is 6.28. The first-order valence-electron chi connectivity index (χ1n) is 7.71. The highest BCUT2D eigenvalue weighted by Gasteiger charge is 2.24. The third-order valence-corrected chi connectivity index (χ3v) is 5.09. The van der Waals surface area contributed by atoms with E-state index in [1.54, 1.807) is 4.52 Å². The Morgan fingerprint density at radius 2 is 2.26 bits per heavy atom. The Balaban J connectivity index is 1.89. The Morgan fingerprint density at radius 1 is 1.39 bits per heavy atom. The van der Waals surface area contributed by atoms with Crippen molar-refractivity contribution in [3.8, 4) is 11.1 Å². The van der Waals surface area contributed by atoms with E-state index in [4.69, 9.17) is 15.5 Å². The van der Waals surface area contributed by atoms with Crippen LogP contribution >= 0.6 is 15.9 Å². The SMILES string of the molecule is Cn1ccc(-c2cnn3c(N)c(Br)c([C@H]4CCCCO4)nc23)c1. The average molecular weight is 376 g/mol. The van der Waals surface area contributed by atoms with Gasteiger partial charge in [-0.3, -0.25) is 0 Å². The number of rotatable bonds is 2. The zero-order chi connectivity index (χ0) is 16.0. The van der Waals surface area contributed by atoms with E-state index < -0.39 is 0 Å². The molecule has 0 aromatic carbocycles. The Hall–Kier alpha value is -1.86. The van der Waals surface area contributed by atoms with E-state index in [1.165, 1.54) is 0 Å². The van der Waals surface area contributed by atoms with Crippen molar-refractivity contribution in [3.05, 3.63) is 34.8 Å². The summed E-state index contributed by atoms with van der Waals surface area (Å²) in [5, 5.41) is 4.40. The number of halogens is 1. The predicted octanol–water partition coefficient (Wildman–Crippen LogP) is 3.32. The van der Waals surface area contributed by atoms with Gasteiger partial charge in [0.1, 0.15) is 11.9 Å². The van der Waals surface area contributed by atoms with Crippen LogP contribution in [0.3, 0.4) is 0 Å². The number of anilines is 1. The molecule has 0 bridgehead atoms. The maximum Gasteiger partial charge on any atom is 0.165 e. The molecular formula is C16H18BrN5O. The van der Waals surface area contributed by atoms with E-state index >= 15 is 0 Å². The van der Waals surface area contributed by atoms with Gasteiger partial charge in [0.05, 0.1) is 16.4 Å². The van der Waals surface area contributed by atoms with Gasteiger partial charge in [-0.25, -0.2) is 4.98 Å². The van der Waals surface area contributed by atoms with Crippen LogP contribution in [0.5, 0.6) is 0 Å². The predicted molar refractivity (Wildman–Crippen MR) is 92.1 cm³/mol. The van der Waals surface area contributed by atoms with Crippen molar-refractivity contribution in [3.63, 3.8) is 0 Å². The Kier molecular flexibility index (Phi) is 3.61. The number of hydrogen-bond donors (Lipinski definition) is 1.